The maximum atomic E-state index is 13.1. The molecule has 6 nitrogen and oxygen atoms in total. The van der Waals surface area contributed by atoms with Crippen molar-refractivity contribution in [2.45, 2.75) is 59.5 Å². The lowest BCUT2D eigenvalue weighted by Crippen LogP contribution is -2.31. The van der Waals surface area contributed by atoms with Crippen LogP contribution in [0.15, 0.2) is 62.9 Å². The molecule has 0 saturated carbocycles. The van der Waals surface area contributed by atoms with E-state index in [1.807, 2.05) is 52.8 Å². The number of phenols is 3. The minimum atomic E-state index is -0.599. The summed E-state index contributed by atoms with van der Waals surface area (Å²) < 4.78 is 12.2. The molecule has 188 valence electrons. The molecular formula is C30H32O6. The Bertz CT molecular complexity index is 1480. The normalized spacial score (nSPS) is 16.4. The minimum absolute atomic E-state index is 0.00567. The average Bonchev–Trinajstić information content (AvgIpc) is 2.78. The number of benzene rings is 2. The highest BCUT2D eigenvalue weighted by atomic mass is 16.5. The van der Waals surface area contributed by atoms with Crippen molar-refractivity contribution in [1.29, 1.82) is 0 Å². The van der Waals surface area contributed by atoms with Crippen LogP contribution in [0.3, 0.4) is 0 Å². The highest BCUT2D eigenvalue weighted by molar-refractivity contribution is 5.89. The van der Waals surface area contributed by atoms with Crippen LogP contribution in [0.25, 0.3) is 28.4 Å². The summed E-state index contributed by atoms with van der Waals surface area (Å²) in [7, 11) is 0. The molecule has 0 spiro atoms. The molecule has 3 aromatic rings. The number of ether oxygens (including phenoxy) is 1. The van der Waals surface area contributed by atoms with Crippen LogP contribution in [0, 0.1) is 0 Å². The largest absolute Gasteiger partial charge is 0.507 e. The molecule has 2 heterocycles. The standard InChI is InChI=1S/C30H32O6/c1-17(2)7-6-13-30(5)14-12-20-19(10-11-22(31)29(20)36-30)25-16-24(33)27-26(35-25)15-23(32)21(28(27)34)9-8-18(3)4/h7-8,10-12,14-16,31-32,34H,6,9,13H2,1-5H3. The van der Waals surface area contributed by atoms with Crippen LogP contribution in [0.2, 0.25) is 0 Å². The molecule has 0 bridgehead atoms. The third kappa shape index (κ3) is 4.89. The summed E-state index contributed by atoms with van der Waals surface area (Å²) in [6, 6.07) is 5.83. The molecule has 0 amide bonds. The summed E-state index contributed by atoms with van der Waals surface area (Å²) in [5.41, 5.74) is 2.71. The van der Waals surface area contributed by atoms with Crippen LogP contribution >= 0.6 is 0 Å². The van der Waals surface area contributed by atoms with E-state index in [9.17, 15) is 20.1 Å². The fourth-order valence-corrected chi connectivity index (χ4v) is 4.35. The molecule has 0 fully saturated rings. The zero-order valence-electron chi connectivity index (χ0n) is 21.3. The van der Waals surface area contributed by atoms with Crippen LogP contribution in [0.4, 0.5) is 0 Å². The summed E-state index contributed by atoms with van der Waals surface area (Å²) in [5.74, 6) is 0.113. The lowest BCUT2D eigenvalue weighted by Gasteiger charge is -2.32. The lowest BCUT2D eigenvalue weighted by atomic mass is 9.92. The molecule has 2 aromatic carbocycles. The van der Waals surface area contributed by atoms with Crippen molar-refractivity contribution >= 4 is 17.0 Å². The minimum Gasteiger partial charge on any atom is -0.507 e. The van der Waals surface area contributed by atoms with Gasteiger partial charge in [-0.3, -0.25) is 4.79 Å². The monoisotopic (exact) mass is 488 g/mol. The van der Waals surface area contributed by atoms with Crippen molar-refractivity contribution < 1.29 is 24.5 Å². The summed E-state index contributed by atoms with van der Waals surface area (Å²) in [6.07, 6.45) is 9.68. The van der Waals surface area contributed by atoms with E-state index in [-0.39, 0.29) is 46.0 Å². The van der Waals surface area contributed by atoms with Crippen molar-refractivity contribution in [1.82, 2.24) is 0 Å². The molecule has 1 aliphatic heterocycles. The Labute approximate surface area is 210 Å². The molecule has 1 atom stereocenters. The highest BCUT2D eigenvalue weighted by Gasteiger charge is 2.30. The summed E-state index contributed by atoms with van der Waals surface area (Å²) in [6.45, 7) is 9.89. The third-order valence-corrected chi connectivity index (χ3v) is 6.36. The number of phenolic OH excluding ortho intramolecular Hbond substituents is 3. The Balaban J connectivity index is 1.79. The van der Waals surface area contributed by atoms with E-state index in [4.69, 9.17) is 9.15 Å². The topological polar surface area (TPSA) is 100 Å². The van der Waals surface area contributed by atoms with Gasteiger partial charge in [0, 0.05) is 28.8 Å². The van der Waals surface area contributed by atoms with Gasteiger partial charge in [-0.05, 0) is 72.1 Å². The Morgan fingerprint density at radius 3 is 2.42 bits per heavy atom. The maximum Gasteiger partial charge on any atom is 0.197 e. The van der Waals surface area contributed by atoms with Gasteiger partial charge in [0.25, 0.3) is 0 Å². The molecule has 0 saturated heterocycles. The molecule has 0 aliphatic carbocycles. The molecule has 0 radical (unpaired) electrons. The number of aromatic hydroxyl groups is 3. The van der Waals surface area contributed by atoms with E-state index >= 15 is 0 Å². The molecule has 1 unspecified atom stereocenters. The summed E-state index contributed by atoms with van der Waals surface area (Å²) in [5, 5.41) is 31.9. The first kappa shape index (κ1) is 25.2. The Hall–Kier alpha value is -3.93. The van der Waals surface area contributed by atoms with Gasteiger partial charge in [0.1, 0.15) is 33.8 Å². The van der Waals surface area contributed by atoms with Gasteiger partial charge in [0.05, 0.1) is 0 Å². The second kappa shape index (κ2) is 9.61. The Morgan fingerprint density at radius 1 is 1.00 bits per heavy atom. The van der Waals surface area contributed by atoms with Crippen LogP contribution < -0.4 is 10.2 Å². The van der Waals surface area contributed by atoms with Gasteiger partial charge in [0.2, 0.25) is 0 Å². The van der Waals surface area contributed by atoms with Crippen LogP contribution in [-0.4, -0.2) is 20.9 Å². The molecule has 36 heavy (non-hydrogen) atoms. The zero-order valence-corrected chi connectivity index (χ0v) is 21.3. The van der Waals surface area contributed by atoms with Crippen molar-refractivity contribution in [3.05, 3.63) is 75.0 Å². The van der Waals surface area contributed by atoms with E-state index in [1.54, 1.807) is 6.07 Å². The smallest absolute Gasteiger partial charge is 0.197 e. The quantitative estimate of drug-likeness (QED) is 0.323. The second-order valence-electron chi connectivity index (χ2n) is 10.00. The van der Waals surface area contributed by atoms with Gasteiger partial charge in [-0.1, -0.05) is 29.4 Å². The maximum absolute atomic E-state index is 13.1. The average molecular weight is 489 g/mol. The number of allylic oxidation sites excluding steroid dienone is 4. The molecule has 1 aliphatic rings. The number of fused-ring (bicyclic) bond motifs is 2. The third-order valence-electron chi connectivity index (χ3n) is 6.36. The van der Waals surface area contributed by atoms with E-state index in [1.165, 1.54) is 23.8 Å². The van der Waals surface area contributed by atoms with E-state index in [2.05, 4.69) is 6.08 Å². The Morgan fingerprint density at radius 2 is 1.72 bits per heavy atom. The first-order valence-electron chi connectivity index (χ1n) is 12.0. The second-order valence-corrected chi connectivity index (χ2v) is 10.00. The van der Waals surface area contributed by atoms with Crippen LogP contribution in [0.5, 0.6) is 23.0 Å². The SMILES string of the molecule is CC(C)=CCCC1(C)C=Cc2c(-c3cc(=O)c4c(O)c(CC=C(C)C)c(O)cc4o3)ccc(O)c2O1. The fraction of sp³-hybridized carbons (Fsp3) is 0.300. The van der Waals surface area contributed by atoms with Crippen molar-refractivity contribution in [3.8, 4) is 34.3 Å². The molecule has 6 heteroatoms. The van der Waals surface area contributed by atoms with Crippen molar-refractivity contribution in [2.75, 3.05) is 0 Å². The van der Waals surface area contributed by atoms with Crippen molar-refractivity contribution in [3.63, 3.8) is 0 Å². The summed E-state index contributed by atoms with van der Waals surface area (Å²) in [4.78, 5) is 13.1. The van der Waals surface area contributed by atoms with Crippen LogP contribution in [0.1, 0.15) is 58.6 Å². The van der Waals surface area contributed by atoms with Gasteiger partial charge in [-0.25, -0.2) is 0 Å². The summed E-state index contributed by atoms with van der Waals surface area (Å²) >= 11 is 0. The lowest BCUT2D eigenvalue weighted by molar-refractivity contribution is 0.124. The van der Waals surface area contributed by atoms with E-state index in [0.29, 0.717) is 16.9 Å². The first-order valence-corrected chi connectivity index (χ1v) is 12.0. The van der Waals surface area contributed by atoms with Crippen molar-refractivity contribution in [2.24, 2.45) is 0 Å². The van der Waals surface area contributed by atoms with Gasteiger partial charge in [0.15, 0.2) is 16.9 Å². The van der Waals surface area contributed by atoms with E-state index in [0.717, 1.165) is 18.4 Å². The molecule has 4 rings (SSSR count). The number of hydrogen-bond acceptors (Lipinski definition) is 6. The van der Waals surface area contributed by atoms with E-state index < -0.39 is 11.0 Å². The Kier molecular flexibility index (Phi) is 6.72. The molecule has 1 aromatic heterocycles. The van der Waals surface area contributed by atoms with Gasteiger partial charge in [-0.15, -0.1) is 0 Å². The van der Waals surface area contributed by atoms with Gasteiger partial charge < -0.3 is 24.5 Å². The van der Waals surface area contributed by atoms with Crippen LogP contribution in [-0.2, 0) is 6.42 Å². The van der Waals surface area contributed by atoms with Gasteiger partial charge >= 0.3 is 0 Å². The predicted molar refractivity (Wildman–Crippen MR) is 143 cm³/mol. The zero-order chi connectivity index (χ0) is 26.2. The fourth-order valence-electron chi connectivity index (χ4n) is 4.35. The molecular weight excluding hydrogens is 456 g/mol. The number of hydrogen-bond donors (Lipinski definition) is 3. The first-order chi connectivity index (χ1) is 17.0. The van der Waals surface area contributed by atoms with Gasteiger partial charge in [-0.2, -0.15) is 0 Å². The predicted octanol–water partition coefficient (Wildman–Crippen LogP) is 7.00. The highest BCUT2D eigenvalue weighted by Crippen LogP contribution is 2.45. The molecule has 3 N–H and O–H groups in total. The number of rotatable bonds is 6.